The molecule has 4 nitrogen and oxygen atoms in total. The van der Waals surface area contributed by atoms with Gasteiger partial charge in [0.2, 0.25) is 0 Å². The van der Waals surface area contributed by atoms with E-state index in [2.05, 4.69) is 5.32 Å². The van der Waals surface area contributed by atoms with Gasteiger partial charge in [-0.3, -0.25) is 0 Å². The maximum absolute atomic E-state index is 11.7. The minimum atomic E-state index is -0.510. The van der Waals surface area contributed by atoms with Crippen LogP contribution >= 0.6 is 0 Å². The molecule has 1 amide bonds. The quantitative estimate of drug-likeness (QED) is 0.896. The first-order valence-corrected chi connectivity index (χ1v) is 6.42. The summed E-state index contributed by atoms with van der Waals surface area (Å²) in [6.45, 7) is 2.01. The fourth-order valence-electron chi connectivity index (χ4n) is 1.87. The first kappa shape index (κ1) is 13.9. The topological polar surface area (TPSA) is 58.6 Å². The van der Waals surface area contributed by atoms with Gasteiger partial charge in [0, 0.05) is 5.56 Å². The highest BCUT2D eigenvalue weighted by Crippen LogP contribution is 2.23. The van der Waals surface area contributed by atoms with Crippen molar-refractivity contribution in [2.75, 3.05) is 0 Å². The van der Waals surface area contributed by atoms with Gasteiger partial charge < -0.3 is 15.2 Å². The van der Waals surface area contributed by atoms with E-state index in [9.17, 15) is 9.90 Å². The second-order valence-electron chi connectivity index (χ2n) is 4.49. The third-order valence-corrected chi connectivity index (χ3v) is 2.95. The molecule has 2 aromatic carbocycles. The molecular formula is C16H17NO3. The van der Waals surface area contributed by atoms with Crippen LogP contribution < -0.4 is 5.32 Å². The highest BCUT2D eigenvalue weighted by molar-refractivity contribution is 5.68. The van der Waals surface area contributed by atoms with Gasteiger partial charge in [0.25, 0.3) is 0 Å². The Kier molecular flexibility index (Phi) is 4.60. The number of carbonyl (C=O) groups is 1. The number of hydrogen-bond acceptors (Lipinski definition) is 3. The van der Waals surface area contributed by atoms with Gasteiger partial charge in [0.05, 0.1) is 6.04 Å². The summed E-state index contributed by atoms with van der Waals surface area (Å²) in [6, 6.07) is 16.0. The Bertz CT molecular complexity index is 569. The highest BCUT2D eigenvalue weighted by atomic mass is 16.5. The molecule has 0 aliphatic carbocycles. The van der Waals surface area contributed by atoms with Crippen molar-refractivity contribution in [1.82, 2.24) is 5.32 Å². The maximum atomic E-state index is 11.7. The average Bonchev–Trinajstić information content (AvgIpc) is 2.46. The van der Waals surface area contributed by atoms with Crippen LogP contribution in [0.5, 0.6) is 5.75 Å². The zero-order valence-electron chi connectivity index (χ0n) is 11.2. The molecule has 20 heavy (non-hydrogen) atoms. The van der Waals surface area contributed by atoms with Gasteiger partial charge in [-0.05, 0) is 18.6 Å². The molecule has 0 aliphatic rings. The van der Waals surface area contributed by atoms with Crippen LogP contribution in [0.15, 0.2) is 54.6 Å². The summed E-state index contributed by atoms with van der Waals surface area (Å²) in [4.78, 5) is 11.7. The number of hydrogen-bond donors (Lipinski definition) is 2. The van der Waals surface area contributed by atoms with Crippen molar-refractivity contribution in [2.24, 2.45) is 0 Å². The molecule has 2 rings (SSSR count). The number of para-hydroxylation sites is 1. The molecule has 0 aromatic heterocycles. The zero-order chi connectivity index (χ0) is 14.4. The van der Waals surface area contributed by atoms with Crippen LogP contribution in [-0.2, 0) is 11.3 Å². The number of phenols is 1. The van der Waals surface area contributed by atoms with Crippen molar-refractivity contribution in [3.8, 4) is 5.75 Å². The van der Waals surface area contributed by atoms with Crippen LogP contribution in [0.3, 0.4) is 0 Å². The maximum Gasteiger partial charge on any atom is 0.407 e. The summed E-state index contributed by atoms with van der Waals surface area (Å²) in [5.41, 5.74) is 1.59. The largest absolute Gasteiger partial charge is 0.508 e. The average molecular weight is 271 g/mol. The molecule has 0 fully saturated rings. The third kappa shape index (κ3) is 3.75. The summed E-state index contributed by atoms with van der Waals surface area (Å²) in [5, 5.41) is 12.4. The van der Waals surface area contributed by atoms with Crippen molar-refractivity contribution < 1.29 is 14.6 Å². The number of phenolic OH excluding ortho intramolecular Hbond substituents is 1. The fourth-order valence-corrected chi connectivity index (χ4v) is 1.87. The lowest BCUT2D eigenvalue weighted by molar-refractivity contribution is 0.136. The van der Waals surface area contributed by atoms with E-state index in [4.69, 9.17) is 4.74 Å². The van der Waals surface area contributed by atoms with Crippen LogP contribution in [0, 0.1) is 0 Å². The summed E-state index contributed by atoms with van der Waals surface area (Å²) in [7, 11) is 0. The molecule has 1 atom stereocenters. The molecule has 0 heterocycles. The van der Waals surface area contributed by atoms with Crippen molar-refractivity contribution >= 4 is 6.09 Å². The van der Waals surface area contributed by atoms with Crippen LogP contribution in [0.4, 0.5) is 4.79 Å². The first-order valence-electron chi connectivity index (χ1n) is 6.42. The Morgan fingerprint density at radius 3 is 2.50 bits per heavy atom. The molecule has 2 N–H and O–H groups in total. The Morgan fingerprint density at radius 2 is 1.80 bits per heavy atom. The minimum Gasteiger partial charge on any atom is -0.508 e. The number of aromatic hydroxyl groups is 1. The molecular weight excluding hydrogens is 254 g/mol. The lowest BCUT2D eigenvalue weighted by Gasteiger charge is -2.15. The molecule has 2 aromatic rings. The van der Waals surface area contributed by atoms with E-state index in [0.717, 1.165) is 5.56 Å². The lowest BCUT2D eigenvalue weighted by Crippen LogP contribution is -2.27. The van der Waals surface area contributed by atoms with E-state index < -0.39 is 6.09 Å². The van der Waals surface area contributed by atoms with Crippen LogP contribution in [0.1, 0.15) is 24.1 Å². The summed E-state index contributed by atoms with van der Waals surface area (Å²) in [5.74, 6) is 0.156. The van der Waals surface area contributed by atoms with Crippen LogP contribution in [-0.4, -0.2) is 11.2 Å². The number of amides is 1. The van der Waals surface area contributed by atoms with Gasteiger partial charge in [-0.25, -0.2) is 4.79 Å². The van der Waals surface area contributed by atoms with Crippen LogP contribution in [0.25, 0.3) is 0 Å². The van der Waals surface area contributed by atoms with E-state index in [1.807, 2.05) is 36.4 Å². The number of rotatable bonds is 4. The first-order chi connectivity index (χ1) is 9.66. The molecule has 0 spiro atoms. The van der Waals surface area contributed by atoms with E-state index in [1.54, 1.807) is 25.1 Å². The fraction of sp³-hybridized carbons (Fsp3) is 0.188. The normalized spacial score (nSPS) is 11.7. The molecule has 104 valence electrons. The summed E-state index contributed by atoms with van der Waals surface area (Å²) in [6.07, 6.45) is -0.510. The van der Waals surface area contributed by atoms with Crippen LogP contribution in [0.2, 0.25) is 0 Å². The molecule has 0 saturated heterocycles. The number of ether oxygens (including phenoxy) is 1. The number of benzene rings is 2. The lowest BCUT2D eigenvalue weighted by atomic mass is 10.1. The van der Waals surface area contributed by atoms with E-state index >= 15 is 0 Å². The second kappa shape index (κ2) is 6.61. The Hall–Kier alpha value is -2.49. The van der Waals surface area contributed by atoms with E-state index in [1.165, 1.54) is 0 Å². The van der Waals surface area contributed by atoms with Crippen molar-refractivity contribution in [3.05, 3.63) is 65.7 Å². The van der Waals surface area contributed by atoms with Gasteiger partial charge in [-0.1, -0.05) is 48.5 Å². The number of alkyl carbamates (subject to hydrolysis) is 1. The Labute approximate surface area is 118 Å². The van der Waals surface area contributed by atoms with Gasteiger partial charge in [-0.2, -0.15) is 0 Å². The summed E-state index contributed by atoms with van der Waals surface area (Å²) >= 11 is 0. The molecule has 0 radical (unpaired) electrons. The standard InChI is InChI=1S/C16H17NO3/c1-12(14-9-5-6-10-15(14)18)17-16(19)20-11-13-7-3-2-4-8-13/h2-10,12,18H,11H2,1H3,(H,17,19)/t12-/m1/s1. The second-order valence-corrected chi connectivity index (χ2v) is 4.49. The number of carbonyl (C=O) groups excluding carboxylic acids is 1. The third-order valence-electron chi connectivity index (χ3n) is 2.95. The minimum absolute atomic E-state index is 0.156. The van der Waals surface area contributed by atoms with E-state index in [0.29, 0.717) is 5.56 Å². The Morgan fingerprint density at radius 1 is 1.15 bits per heavy atom. The van der Waals surface area contributed by atoms with E-state index in [-0.39, 0.29) is 18.4 Å². The van der Waals surface area contributed by atoms with Crippen molar-refractivity contribution in [1.29, 1.82) is 0 Å². The van der Waals surface area contributed by atoms with Gasteiger partial charge in [0.1, 0.15) is 12.4 Å². The Balaban J connectivity index is 1.87. The van der Waals surface area contributed by atoms with Gasteiger partial charge >= 0.3 is 6.09 Å². The highest BCUT2D eigenvalue weighted by Gasteiger charge is 2.13. The van der Waals surface area contributed by atoms with Crippen molar-refractivity contribution in [3.63, 3.8) is 0 Å². The van der Waals surface area contributed by atoms with Gasteiger partial charge in [-0.15, -0.1) is 0 Å². The predicted octanol–water partition coefficient (Wildman–Crippen LogP) is 3.38. The van der Waals surface area contributed by atoms with Crippen molar-refractivity contribution in [2.45, 2.75) is 19.6 Å². The smallest absolute Gasteiger partial charge is 0.407 e. The molecule has 4 heteroatoms. The molecule has 0 bridgehead atoms. The monoisotopic (exact) mass is 271 g/mol. The molecule has 0 aliphatic heterocycles. The summed E-state index contributed by atoms with van der Waals surface area (Å²) < 4.78 is 5.13. The SMILES string of the molecule is C[C@@H](NC(=O)OCc1ccccc1)c1ccccc1O. The molecule has 0 saturated carbocycles. The zero-order valence-corrected chi connectivity index (χ0v) is 11.2. The molecule has 0 unspecified atom stereocenters. The predicted molar refractivity (Wildman–Crippen MR) is 76.3 cm³/mol. The number of nitrogens with one attached hydrogen (secondary N) is 1. The van der Waals surface area contributed by atoms with Gasteiger partial charge in [0.15, 0.2) is 0 Å².